The lowest BCUT2D eigenvalue weighted by Gasteiger charge is -2.33. The topological polar surface area (TPSA) is 253 Å². The Bertz CT molecular complexity index is 3000. The molecule has 2 aliphatic heterocycles. The second-order valence-corrected chi connectivity index (χ2v) is 21.7. The third kappa shape index (κ3) is 11.1. The molecule has 392 valence electrons. The van der Waals surface area contributed by atoms with Gasteiger partial charge in [-0.15, -0.1) is 0 Å². The van der Waals surface area contributed by atoms with Crippen LogP contribution in [0.25, 0.3) is 44.8 Å². The molecule has 6 aromatic rings. The molecule has 22 nitrogen and oxygen atoms in total. The van der Waals surface area contributed by atoms with Gasteiger partial charge in [0.2, 0.25) is 31.8 Å². The zero-order valence-corrected chi connectivity index (χ0v) is 44.9. The van der Waals surface area contributed by atoms with Crippen LogP contribution in [0.1, 0.15) is 93.5 Å². The first kappa shape index (κ1) is 54.1. The molecule has 72 heavy (non-hydrogen) atoms. The van der Waals surface area contributed by atoms with Crippen molar-refractivity contribution >= 4 is 42.1 Å². The smallest absolute Gasteiger partial charge is 0.279 e. The van der Waals surface area contributed by atoms with E-state index >= 15 is 0 Å². The molecule has 0 bridgehead atoms. The number of nitrogens with zero attached hydrogens (tertiary/aromatic N) is 12. The minimum atomic E-state index is -3.79. The molecule has 2 fully saturated rings. The highest BCUT2D eigenvalue weighted by Crippen LogP contribution is 2.33. The maximum absolute atomic E-state index is 13.5. The average molecular weight is 1040 g/mol. The summed E-state index contributed by atoms with van der Waals surface area (Å²) in [5, 5.41) is 8.82. The molecule has 0 aromatic carbocycles. The molecule has 2 atom stereocenters. The second-order valence-electron chi connectivity index (χ2n) is 17.9. The first-order chi connectivity index (χ1) is 34.5. The van der Waals surface area contributed by atoms with Crippen LogP contribution in [0.2, 0.25) is 0 Å². The first-order valence-electron chi connectivity index (χ1n) is 25.2. The summed E-state index contributed by atoms with van der Waals surface area (Å²) in [5.41, 5.74) is 3.06. The van der Waals surface area contributed by atoms with Crippen molar-refractivity contribution in [1.82, 2.24) is 67.9 Å². The lowest BCUT2D eigenvalue weighted by atomic mass is 10.2. The number of rotatable bonds is 18. The molecule has 8 heterocycles. The molecule has 0 aliphatic carbocycles. The fourth-order valence-corrected chi connectivity index (χ4v) is 11.5. The van der Waals surface area contributed by atoms with E-state index in [1.54, 1.807) is 9.36 Å². The van der Waals surface area contributed by atoms with E-state index in [1.807, 2.05) is 55.4 Å². The molecule has 0 spiro atoms. The van der Waals surface area contributed by atoms with Crippen molar-refractivity contribution in [2.24, 2.45) is 0 Å². The Morgan fingerprint density at radius 1 is 0.542 bits per heavy atom. The fourth-order valence-electron chi connectivity index (χ4n) is 8.70. The number of aromatic nitrogens is 10. The number of aryl methyl sites for hydroxylation is 4. The molecular formula is C48H70N14O8S2. The summed E-state index contributed by atoms with van der Waals surface area (Å²) in [6, 6.07) is 3.01. The SMILES string of the molecule is CCc1c2nc(-c3cc(S(=O)(=O)N4CCN(CC)CC4)cnc3OC(C)CC)[nH]c(=O)c2nn1CC.CCc1c2nc(-c3cc(S(=O)(=O)N4CCN(CC)CC4)cnc3OC(C)CC)[nH]c(=O)c2nn1CC. The number of H-pyrrole nitrogens is 2. The predicted octanol–water partition coefficient (Wildman–Crippen LogP) is 4.53. The summed E-state index contributed by atoms with van der Waals surface area (Å²) in [4.78, 5) is 54.3. The van der Waals surface area contributed by atoms with Crippen LogP contribution in [0.5, 0.6) is 11.8 Å². The minimum absolute atomic E-state index is 0.0432. The fraction of sp³-hybridized carbons (Fsp3) is 0.583. The predicted molar refractivity (Wildman–Crippen MR) is 275 cm³/mol. The number of fused-ring (bicyclic) bond motifs is 2. The van der Waals surface area contributed by atoms with Gasteiger partial charge in [0, 0.05) is 65.4 Å². The first-order valence-corrected chi connectivity index (χ1v) is 28.1. The summed E-state index contributed by atoms with van der Waals surface area (Å²) in [7, 11) is -7.58. The van der Waals surface area contributed by atoms with Crippen LogP contribution in [0.3, 0.4) is 0 Å². The van der Waals surface area contributed by atoms with Crippen molar-refractivity contribution in [3.63, 3.8) is 0 Å². The van der Waals surface area contributed by atoms with Gasteiger partial charge in [0.25, 0.3) is 11.1 Å². The van der Waals surface area contributed by atoms with E-state index in [1.165, 1.54) is 33.1 Å². The molecule has 2 unspecified atom stereocenters. The normalized spacial score (nSPS) is 16.5. The second kappa shape index (κ2) is 23.0. The quantitative estimate of drug-likeness (QED) is 0.120. The monoisotopic (exact) mass is 1030 g/mol. The third-order valence-electron chi connectivity index (χ3n) is 13.4. The van der Waals surface area contributed by atoms with Crippen LogP contribution < -0.4 is 20.6 Å². The molecule has 2 aliphatic rings. The highest BCUT2D eigenvalue weighted by atomic mass is 32.2. The van der Waals surface area contributed by atoms with Crippen molar-refractivity contribution in [3.8, 4) is 34.5 Å². The molecule has 2 N–H and O–H groups in total. The van der Waals surface area contributed by atoms with Gasteiger partial charge in [-0.3, -0.25) is 19.0 Å². The number of hydrogen-bond acceptors (Lipinski definition) is 16. The Morgan fingerprint density at radius 3 is 1.21 bits per heavy atom. The van der Waals surface area contributed by atoms with Crippen molar-refractivity contribution in [1.29, 1.82) is 0 Å². The van der Waals surface area contributed by atoms with E-state index in [9.17, 15) is 26.4 Å². The van der Waals surface area contributed by atoms with E-state index < -0.39 is 31.2 Å². The molecule has 2 saturated heterocycles. The van der Waals surface area contributed by atoms with E-state index in [-0.39, 0.29) is 56.4 Å². The van der Waals surface area contributed by atoms with Gasteiger partial charge in [0.15, 0.2) is 11.0 Å². The zero-order valence-electron chi connectivity index (χ0n) is 43.2. The van der Waals surface area contributed by atoms with E-state index in [4.69, 9.17) is 19.4 Å². The largest absolute Gasteiger partial charge is 0.474 e. The van der Waals surface area contributed by atoms with Crippen molar-refractivity contribution in [3.05, 3.63) is 56.6 Å². The van der Waals surface area contributed by atoms with Gasteiger partial charge in [0.1, 0.15) is 32.5 Å². The highest BCUT2D eigenvalue weighted by Gasteiger charge is 2.32. The number of aromatic amines is 2. The van der Waals surface area contributed by atoms with Crippen LogP contribution in [0.15, 0.2) is 43.9 Å². The summed E-state index contributed by atoms with van der Waals surface area (Å²) >= 11 is 0. The maximum Gasteiger partial charge on any atom is 0.279 e. The van der Waals surface area contributed by atoms with Gasteiger partial charge >= 0.3 is 0 Å². The summed E-state index contributed by atoms with van der Waals surface area (Å²) in [6.07, 6.45) is 5.08. The summed E-state index contributed by atoms with van der Waals surface area (Å²) < 4.78 is 72.5. The van der Waals surface area contributed by atoms with E-state index in [2.05, 4.69) is 53.8 Å². The van der Waals surface area contributed by atoms with Gasteiger partial charge in [-0.25, -0.2) is 36.8 Å². The lowest BCUT2D eigenvalue weighted by Crippen LogP contribution is -2.48. The van der Waals surface area contributed by atoms with Gasteiger partial charge in [-0.05, 0) is 78.6 Å². The molecule has 0 saturated carbocycles. The standard InChI is InChI=1S/2C24H35N7O4S/c2*1-6-16(5)35-24-18(22-26-20-19(7-2)31(9-4)28-21(20)23(32)27-22)14-17(15-25-24)36(33,34)30-12-10-29(8-3)11-13-30/h2*14-16H,6-13H2,1-5H3,(H,26,27,32). The molecular weight excluding hydrogens is 965 g/mol. The minimum Gasteiger partial charge on any atom is -0.474 e. The number of pyridine rings is 2. The van der Waals surface area contributed by atoms with Crippen LogP contribution in [0, 0.1) is 0 Å². The Hall–Kier alpha value is -5.66. The van der Waals surface area contributed by atoms with Crippen molar-refractivity contribution in [2.45, 2.75) is 130 Å². The van der Waals surface area contributed by atoms with Gasteiger partial charge in [-0.1, -0.05) is 41.5 Å². The number of nitrogens with one attached hydrogen (secondary N) is 2. The van der Waals surface area contributed by atoms with Crippen molar-refractivity contribution < 1.29 is 26.3 Å². The highest BCUT2D eigenvalue weighted by molar-refractivity contribution is 7.89. The molecule has 0 amide bonds. The van der Waals surface area contributed by atoms with E-state index in [0.717, 1.165) is 37.3 Å². The summed E-state index contributed by atoms with van der Waals surface area (Å²) in [6.45, 7) is 27.1. The number of sulfonamides is 2. The molecule has 24 heteroatoms. The summed E-state index contributed by atoms with van der Waals surface area (Å²) in [5.74, 6) is 0.859. The lowest BCUT2D eigenvalue weighted by molar-refractivity contribution is 0.196. The Balaban J connectivity index is 0.000000211. The number of ether oxygens (including phenoxy) is 2. The van der Waals surface area contributed by atoms with E-state index in [0.29, 0.717) is 100 Å². The van der Waals surface area contributed by atoms with Gasteiger partial charge in [0.05, 0.1) is 47.1 Å². The number of likely N-dealkylation sites (N-methyl/N-ethyl adjacent to an activating group) is 2. The molecule has 0 radical (unpaired) electrons. The molecule has 8 rings (SSSR count). The van der Waals surface area contributed by atoms with Crippen LogP contribution in [-0.4, -0.2) is 162 Å². The van der Waals surface area contributed by atoms with Crippen molar-refractivity contribution in [2.75, 3.05) is 65.4 Å². The van der Waals surface area contributed by atoms with Gasteiger partial charge < -0.3 is 29.2 Å². The van der Waals surface area contributed by atoms with Crippen LogP contribution in [0.4, 0.5) is 0 Å². The van der Waals surface area contributed by atoms with Gasteiger partial charge in [-0.2, -0.15) is 18.8 Å². The van der Waals surface area contributed by atoms with Crippen LogP contribution in [-0.2, 0) is 46.0 Å². The van der Waals surface area contributed by atoms with Crippen LogP contribution >= 0.6 is 0 Å². The number of piperazine rings is 2. The molecule has 6 aromatic heterocycles. The third-order valence-corrected chi connectivity index (χ3v) is 17.2. The maximum atomic E-state index is 13.5. The average Bonchev–Trinajstić information content (AvgIpc) is 3.97. The Labute approximate surface area is 421 Å². The Kier molecular flexibility index (Phi) is 17.3. The number of hydrogen-bond donors (Lipinski definition) is 2. The Morgan fingerprint density at radius 2 is 0.903 bits per heavy atom. The zero-order chi connectivity index (χ0) is 52.1.